The summed E-state index contributed by atoms with van der Waals surface area (Å²) in [6.07, 6.45) is 5.52. The molecule has 0 aliphatic heterocycles. The number of fused-ring (bicyclic) bond motifs is 2. The van der Waals surface area contributed by atoms with E-state index in [1.165, 1.54) is 36.6 Å². The molecule has 166 valence electrons. The SMILES string of the molecule is Cc1c(CN(C)C2C[C@H]3CC(N(C)C)C[C@H]3C2)oc2ccccc12.O=CO.O=CO. The van der Waals surface area contributed by atoms with E-state index in [2.05, 4.69) is 62.1 Å². The van der Waals surface area contributed by atoms with E-state index in [0.29, 0.717) is 0 Å². The van der Waals surface area contributed by atoms with Gasteiger partial charge >= 0.3 is 0 Å². The van der Waals surface area contributed by atoms with Crippen molar-refractivity contribution in [1.29, 1.82) is 0 Å². The number of carbonyl (C=O) groups is 2. The van der Waals surface area contributed by atoms with Gasteiger partial charge in [-0.3, -0.25) is 14.5 Å². The predicted molar refractivity (Wildman–Crippen MR) is 117 cm³/mol. The van der Waals surface area contributed by atoms with Crippen LogP contribution >= 0.6 is 0 Å². The molecule has 0 radical (unpaired) electrons. The first-order valence-corrected chi connectivity index (χ1v) is 10.4. The zero-order valence-corrected chi connectivity index (χ0v) is 18.3. The number of rotatable bonds is 4. The molecule has 30 heavy (non-hydrogen) atoms. The molecule has 1 aromatic heterocycles. The lowest BCUT2D eigenvalue weighted by molar-refractivity contribution is -0.123. The summed E-state index contributed by atoms with van der Waals surface area (Å²) in [5.41, 5.74) is 2.33. The second-order valence-corrected chi connectivity index (χ2v) is 8.51. The van der Waals surface area contributed by atoms with Gasteiger partial charge in [-0.25, -0.2) is 0 Å². The van der Waals surface area contributed by atoms with E-state index in [0.717, 1.165) is 41.8 Å². The van der Waals surface area contributed by atoms with Gasteiger partial charge in [0.25, 0.3) is 12.9 Å². The van der Waals surface area contributed by atoms with Crippen LogP contribution in [0, 0.1) is 18.8 Å². The first-order chi connectivity index (χ1) is 14.4. The fraction of sp³-hybridized carbons (Fsp3) is 0.565. The van der Waals surface area contributed by atoms with Crippen LogP contribution in [0.3, 0.4) is 0 Å². The third-order valence-corrected chi connectivity index (χ3v) is 6.66. The van der Waals surface area contributed by atoms with Crippen LogP contribution in [0.1, 0.15) is 37.0 Å². The van der Waals surface area contributed by atoms with Crippen LogP contribution in [0.2, 0.25) is 0 Å². The maximum atomic E-state index is 8.36. The van der Waals surface area contributed by atoms with E-state index in [1.54, 1.807) is 0 Å². The van der Waals surface area contributed by atoms with Gasteiger partial charge in [0.2, 0.25) is 0 Å². The Morgan fingerprint density at radius 2 is 1.47 bits per heavy atom. The second-order valence-electron chi connectivity index (χ2n) is 8.51. The standard InChI is InChI=1S/C21H30N2O.2CH2O2/c1-14-19-7-5-6-8-20(19)24-21(14)13-23(4)18-11-15-9-17(22(2)3)10-16(15)12-18;2*2-1-3/h5-8,15-18H,9-13H2,1-4H3;2*1H,(H,2,3)/t15-,16+,17?,18?;;. The van der Waals surface area contributed by atoms with Gasteiger partial charge in [-0.2, -0.15) is 0 Å². The largest absolute Gasteiger partial charge is 0.483 e. The number of para-hydroxylation sites is 1. The minimum atomic E-state index is -0.250. The van der Waals surface area contributed by atoms with Crippen LogP contribution in [-0.4, -0.2) is 66.2 Å². The first kappa shape index (κ1) is 23.9. The normalized spacial score (nSPS) is 24.7. The van der Waals surface area contributed by atoms with Crippen molar-refractivity contribution >= 4 is 23.9 Å². The summed E-state index contributed by atoms with van der Waals surface area (Å²) >= 11 is 0. The highest BCUT2D eigenvalue weighted by molar-refractivity contribution is 5.81. The van der Waals surface area contributed by atoms with Crippen LogP contribution in [0.5, 0.6) is 0 Å². The number of benzene rings is 1. The molecule has 2 N–H and O–H groups in total. The minimum Gasteiger partial charge on any atom is -0.483 e. The average molecular weight is 419 g/mol. The van der Waals surface area contributed by atoms with Gasteiger partial charge in [-0.1, -0.05) is 18.2 Å². The molecule has 0 bridgehead atoms. The molecule has 0 spiro atoms. The fourth-order valence-corrected chi connectivity index (χ4v) is 5.07. The molecule has 2 aliphatic rings. The summed E-state index contributed by atoms with van der Waals surface area (Å²) in [5.74, 6) is 3.00. The summed E-state index contributed by atoms with van der Waals surface area (Å²) in [6.45, 7) is 2.63. The number of nitrogens with zero attached hydrogens (tertiary/aromatic N) is 2. The molecule has 0 amide bonds. The highest BCUT2D eigenvalue weighted by Crippen LogP contribution is 2.46. The van der Waals surface area contributed by atoms with E-state index < -0.39 is 0 Å². The van der Waals surface area contributed by atoms with E-state index in [9.17, 15) is 0 Å². The number of carboxylic acid groups (broad SMARTS) is 2. The molecule has 2 saturated carbocycles. The van der Waals surface area contributed by atoms with E-state index in [-0.39, 0.29) is 12.9 Å². The molecule has 2 fully saturated rings. The molecular formula is C23H34N2O5. The summed E-state index contributed by atoms with van der Waals surface area (Å²) in [4.78, 5) is 21.7. The maximum Gasteiger partial charge on any atom is 0.290 e. The summed E-state index contributed by atoms with van der Waals surface area (Å²) in [6, 6.07) is 9.92. The van der Waals surface area contributed by atoms with Crippen LogP contribution < -0.4 is 0 Å². The predicted octanol–water partition coefficient (Wildman–Crippen LogP) is 3.69. The molecule has 1 heterocycles. The van der Waals surface area contributed by atoms with Crippen LogP contribution in [-0.2, 0) is 16.1 Å². The van der Waals surface area contributed by atoms with Crippen molar-refractivity contribution in [3.63, 3.8) is 0 Å². The van der Waals surface area contributed by atoms with Crippen molar-refractivity contribution in [3.8, 4) is 0 Å². The fourth-order valence-electron chi connectivity index (χ4n) is 5.07. The van der Waals surface area contributed by atoms with Gasteiger partial charge in [-0.15, -0.1) is 0 Å². The lowest BCUT2D eigenvalue weighted by atomic mass is 10.0. The van der Waals surface area contributed by atoms with E-state index in [4.69, 9.17) is 24.2 Å². The van der Waals surface area contributed by atoms with Crippen molar-refractivity contribution in [1.82, 2.24) is 9.80 Å². The van der Waals surface area contributed by atoms with Gasteiger partial charge in [0.15, 0.2) is 0 Å². The molecule has 2 unspecified atom stereocenters. The molecule has 0 saturated heterocycles. The molecule has 4 atom stereocenters. The van der Waals surface area contributed by atoms with Crippen LogP contribution in [0.4, 0.5) is 0 Å². The minimum absolute atomic E-state index is 0.250. The van der Waals surface area contributed by atoms with Gasteiger partial charge < -0.3 is 19.5 Å². The average Bonchev–Trinajstić information content (AvgIpc) is 3.36. The van der Waals surface area contributed by atoms with Crippen molar-refractivity contribution in [2.45, 2.75) is 51.2 Å². The molecule has 1 aromatic carbocycles. The Morgan fingerprint density at radius 1 is 0.967 bits per heavy atom. The molecule has 4 rings (SSSR count). The smallest absolute Gasteiger partial charge is 0.290 e. The zero-order chi connectivity index (χ0) is 22.3. The van der Waals surface area contributed by atoms with Gasteiger partial charge in [0, 0.05) is 17.5 Å². The topological polar surface area (TPSA) is 94.2 Å². The molecule has 7 nitrogen and oxygen atoms in total. The Labute approximate surface area is 178 Å². The second kappa shape index (κ2) is 11.1. The van der Waals surface area contributed by atoms with Crippen molar-refractivity contribution in [3.05, 3.63) is 35.6 Å². The highest BCUT2D eigenvalue weighted by atomic mass is 16.4. The Balaban J connectivity index is 0.000000480. The van der Waals surface area contributed by atoms with Crippen LogP contribution in [0.25, 0.3) is 11.0 Å². The first-order valence-electron chi connectivity index (χ1n) is 10.4. The number of furan rings is 1. The zero-order valence-electron chi connectivity index (χ0n) is 18.3. The quantitative estimate of drug-likeness (QED) is 0.731. The summed E-state index contributed by atoms with van der Waals surface area (Å²) in [7, 11) is 6.75. The molecule has 7 heteroatoms. The Hall–Kier alpha value is -2.38. The monoisotopic (exact) mass is 418 g/mol. The summed E-state index contributed by atoms with van der Waals surface area (Å²) < 4.78 is 6.12. The summed E-state index contributed by atoms with van der Waals surface area (Å²) in [5, 5.41) is 15.0. The molecule has 2 aromatic rings. The third kappa shape index (κ3) is 5.61. The lowest BCUT2D eigenvalue weighted by Gasteiger charge is -2.26. The third-order valence-electron chi connectivity index (χ3n) is 6.66. The van der Waals surface area contributed by atoms with Crippen molar-refractivity contribution < 1.29 is 24.2 Å². The molecule has 2 aliphatic carbocycles. The molecular weight excluding hydrogens is 384 g/mol. The number of hydrogen-bond donors (Lipinski definition) is 2. The van der Waals surface area contributed by atoms with E-state index in [1.807, 2.05) is 0 Å². The number of hydrogen-bond acceptors (Lipinski definition) is 5. The van der Waals surface area contributed by atoms with Crippen molar-refractivity contribution in [2.75, 3.05) is 21.1 Å². The maximum absolute atomic E-state index is 8.36. The Bertz CT molecular complexity index is 799. The van der Waals surface area contributed by atoms with Crippen molar-refractivity contribution in [2.24, 2.45) is 11.8 Å². The number of aryl methyl sites for hydroxylation is 1. The Kier molecular flexibility index (Phi) is 8.87. The Morgan fingerprint density at radius 3 is 1.97 bits per heavy atom. The lowest BCUT2D eigenvalue weighted by Crippen LogP contribution is -2.31. The van der Waals surface area contributed by atoms with Gasteiger partial charge in [-0.05, 0) is 77.2 Å². The van der Waals surface area contributed by atoms with Gasteiger partial charge in [0.05, 0.1) is 6.54 Å². The van der Waals surface area contributed by atoms with Crippen LogP contribution in [0.15, 0.2) is 28.7 Å². The van der Waals surface area contributed by atoms with E-state index >= 15 is 0 Å². The highest BCUT2D eigenvalue weighted by Gasteiger charge is 2.43. The van der Waals surface area contributed by atoms with Gasteiger partial charge in [0.1, 0.15) is 11.3 Å².